The zero-order valence-electron chi connectivity index (χ0n) is 5.43. The van der Waals surface area contributed by atoms with Crippen LogP contribution in [-0.4, -0.2) is 28.7 Å². The molecule has 0 spiro atoms. The van der Waals surface area contributed by atoms with Crippen LogP contribution in [0.4, 0.5) is 0 Å². The highest BCUT2D eigenvalue weighted by Gasteiger charge is 2.20. The number of carbonyl (C=O) groups excluding carboxylic acids is 1. The maximum absolute atomic E-state index is 10.7. The highest BCUT2D eigenvalue weighted by atomic mass is 79.9. The number of nitrogens with zero attached hydrogens (tertiary/aromatic N) is 1. The van der Waals surface area contributed by atoms with Crippen LogP contribution in [0.1, 0.15) is 13.3 Å². The van der Waals surface area contributed by atoms with Gasteiger partial charge in [-0.25, -0.2) is 0 Å². The molecule has 1 unspecified atom stereocenters. The van der Waals surface area contributed by atoms with Crippen molar-refractivity contribution < 1.29 is 4.79 Å². The number of hydrogen-bond donors (Lipinski definition) is 0. The van der Waals surface area contributed by atoms with E-state index in [0.29, 0.717) is 4.83 Å². The van der Waals surface area contributed by atoms with E-state index in [4.69, 9.17) is 0 Å². The highest BCUT2D eigenvalue weighted by molar-refractivity contribution is 9.09. The minimum absolute atomic E-state index is 0.192. The molecule has 1 aliphatic heterocycles. The third kappa shape index (κ3) is 1.68. The highest BCUT2D eigenvalue weighted by Crippen LogP contribution is 2.15. The largest absolute Gasteiger partial charge is 0.342 e. The molecule has 1 saturated heterocycles. The van der Waals surface area contributed by atoms with Gasteiger partial charge in [-0.05, 0) is 6.42 Å². The van der Waals surface area contributed by atoms with E-state index in [1.165, 1.54) is 0 Å². The van der Waals surface area contributed by atoms with Gasteiger partial charge in [-0.2, -0.15) is 0 Å². The van der Waals surface area contributed by atoms with Gasteiger partial charge in [0.2, 0.25) is 5.91 Å². The third-order valence-electron chi connectivity index (χ3n) is 1.58. The first-order chi connectivity index (χ1) is 4.20. The van der Waals surface area contributed by atoms with E-state index in [2.05, 4.69) is 15.9 Å². The molecule has 0 aliphatic carbocycles. The Bertz CT molecular complexity index is 126. The summed E-state index contributed by atoms with van der Waals surface area (Å²) in [6.07, 6.45) is 1.10. The topological polar surface area (TPSA) is 20.3 Å². The van der Waals surface area contributed by atoms with Gasteiger partial charge in [0, 0.05) is 24.8 Å². The van der Waals surface area contributed by atoms with Crippen LogP contribution in [0, 0.1) is 0 Å². The Hall–Kier alpha value is -0.0500. The van der Waals surface area contributed by atoms with Crippen molar-refractivity contribution in [1.82, 2.24) is 4.90 Å². The smallest absolute Gasteiger partial charge is 0.219 e. The molecule has 9 heavy (non-hydrogen) atoms. The molecule has 2 nitrogen and oxygen atoms in total. The van der Waals surface area contributed by atoms with Crippen LogP contribution >= 0.6 is 15.9 Å². The van der Waals surface area contributed by atoms with Crippen LogP contribution in [0.25, 0.3) is 0 Å². The van der Waals surface area contributed by atoms with E-state index < -0.39 is 0 Å². The lowest BCUT2D eigenvalue weighted by Crippen LogP contribution is -2.25. The van der Waals surface area contributed by atoms with E-state index >= 15 is 0 Å². The predicted molar refractivity (Wildman–Crippen MR) is 39.6 cm³/mol. The average molecular weight is 192 g/mol. The van der Waals surface area contributed by atoms with Crippen LogP contribution in [0.3, 0.4) is 0 Å². The van der Waals surface area contributed by atoms with Crippen molar-refractivity contribution in [3.63, 3.8) is 0 Å². The minimum atomic E-state index is 0.192. The SMILES string of the molecule is CC(=O)N1CCC(Br)C1. The summed E-state index contributed by atoms with van der Waals surface area (Å²) in [5.74, 6) is 0.192. The molecule has 3 heteroatoms. The van der Waals surface area contributed by atoms with E-state index in [-0.39, 0.29) is 5.91 Å². The Morgan fingerprint density at radius 2 is 2.44 bits per heavy atom. The van der Waals surface area contributed by atoms with Crippen LogP contribution < -0.4 is 0 Å². The van der Waals surface area contributed by atoms with Crippen molar-refractivity contribution >= 4 is 21.8 Å². The van der Waals surface area contributed by atoms with E-state index in [9.17, 15) is 4.79 Å². The molecule has 0 bridgehead atoms. The molecule has 0 radical (unpaired) electrons. The molecule has 0 aromatic rings. The van der Waals surface area contributed by atoms with Crippen molar-refractivity contribution in [2.24, 2.45) is 0 Å². The van der Waals surface area contributed by atoms with Crippen LogP contribution in [0.5, 0.6) is 0 Å². The Labute approximate surface area is 63.3 Å². The van der Waals surface area contributed by atoms with Gasteiger partial charge in [-0.15, -0.1) is 0 Å². The lowest BCUT2D eigenvalue weighted by molar-refractivity contribution is -0.127. The summed E-state index contributed by atoms with van der Waals surface area (Å²) < 4.78 is 0. The first-order valence-corrected chi connectivity index (χ1v) is 4.01. The molecular formula is C6H10BrNO. The summed E-state index contributed by atoms with van der Waals surface area (Å²) in [6.45, 7) is 3.42. The number of hydrogen-bond acceptors (Lipinski definition) is 1. The van der Waals surface area contributed by atoms with Gasteiger partial charge in [0.25, 0.3) is 0 Å². The summed E-state index contributed by atoms with van der Waals surface area (Å²) in [7, 11) is 0. The quantitative estimate of drug-likeness (QED) is 0.524. The van der Waals surface area contributed by atoms with Crippen molar-refractivity contribution in [2.45, 2.75) is 18.2 Å². The fourth-order valence-electron chi connectivity index (χ4n) is 1.00. The number of rotatable bonds is 0. The van der Waals surface area contributed by atoms with Crippen molar-refractivity contribution in [3.8, 4) is 0 Å². The standard InChI is InChI=1S/C6H10BrNO/c1-5(9)8-3-2-6(7)4-8/h6H,2-4H2,1H3. The fourth-order valence-corrected chi connectivity index (χ4v) is 1.56. The Morgan fingerprint density at radius 1 is 1.78 bits per heavy atom. The lowest BCUT2D eigenvalue weighted by Gasteiger charge is -2.10. The molecular weight excluding hydrogens is 182 g/mol. The normalized spacial score (nSPS) is 26.9. The predicted octanol–water partition coefficient (Wildman–Crippen LogP) is 1.00. The number of likely N-dealkylation sites (tertiary alicyclic amines) is 1. The molecule has 1 heterocycles. The molecule has 0 aromatic carbocycles. The van der Waals surface area contributed by atoms with Gasteiger partial charge in [-0.1, -0.05) is 15.9 Å². The number of amides is 1. The summed E-state index contributed by atoms with van der Waals surface area (Å²) in [6, 6.07) is 0. The maximum Gasteiger partial charge on any atom is 0.219 e. The minimum Gasteiger partial charge on any atom is -0.342 e. The van der Waals surface area contributed by atoms with Gasteiger partial charge in [0.15, 0.2) is 0 Å². The van der Waals surface area contributed by atoms with Crippen molar-refractivity contribution in [2.75, 3.05) is 13.1 Å². The molecule has 1 atom stereocenters. The molecule has 1 amide bonds. The Morgan fingerprint density at radius 3 is 2.67 bits per heavy atom. The van der Waals surface area contributed by atoms with Gasteiger partial charge in [0.05, 0.1) is 0 Å². The van der Waals surface area contributed by atoms with Gasteiger partial charge in [-0.3, -0.25) is 4.79 Å². The molecule has 1 fully saturated rings. The van der Waals surface area contributed by atoms with Gasteiger partial charge in [0.1, 0.15) is 0 Å². The van der Waals surface area contributed by atoms with E-state index in [0.717, 1.165) is 19.5 Å². The molecule has 1 aliphatic rings. The summed E-state index contributed by atoms with van der Waals surface area (Å²) in [5, 5.41) is 0. The van der Waals surface area contributed by atoms with Crippen molar-refractivity contribution in [1.29, 1.82) is 0 Å². The Balaban J connectivity index is 2.39. The first-order valence-electron chi connectivity index (χ1n) is 3.09. The van der Waals surface area contributed by atoms with E-state index in [1.54, 1.807) is 6.92 Å². The molecule has 0 aromatic heterocycles. The number of carbonyl (C=O) groups is 1. The summed E-state index contributed by atoms with van der Waals surface area (Å²) in [4.78, 5) is 13.1. The average Bonchev–Trinajstić information content (AvgIpc) is 2.14. The number of halogens is 1. The molecule has 0 N–H and O–H groups in total. The molecule has 1 rings (SSSR count). The van der Waals surface area contributed by atoms with E-state index in [1.807, 2.05) is 4.90 Å². The van der Waals surface area contributed by atoms with Gasteiger partial charge < -0.3 is 4.90 Å². The number of alkyl halides is 1. The molecule has 52 valence electrons. The molecule has 0 saturated carbocycles. The second kappa shape index (κ2) is 2.69. The van der Waals surface area contributed by atoms with Crippen LogP contribution in [0.15, 0.2) is 0 Å². The second-order valence-electron chi connectivity index (χ2n) is 2.35. The first kappa shape index (κ1) is 7.06. The monoisotopic (exact) mass is 191 g/mol. The van der Waals surface area contributed by atoms with Crippen molar-refractivity contribution in [3.05, 3.63) is 0 Å². The summed E-state index contributed by atoms with van der Waals surface area (Å²) >= 11 is 3.45. The third-order valence-corrected chi connectivity index (χ3v) is 2.32. The lowest BCUT2D eigenvalue weighted by atomic mass is 10.4. The fraction of sp³-hybridized carbons (Fsp3) is 0.833. The van der Waals surface area contributed by atoms with Gasteiger partial charge >= 0.3 is 0 Å². The second-order valence-corrected chi connectivity index (χ2v) is 3.65. The Kier molecular flexibility index (Phi) is 2.11. The zero-order valence-corrected chi connectivity index (χ0v) is 7.02. The maximum atomic E-state index is 10.7. The summed E-state index contributed by atoms with van der Waals surface area (Å²) in [5.41, 5.74) is 0. The van der Waals surface area contributed by atoms with Crippen LogP contribution in [-0.2, 0) is 4.79 Å². The zero-order chi connectivity index (χ0) is 6.85. The van der Waals surface area contributed by atoms with Crippen LogP contribution in [0.2, 0.25) is 0 Å².